The summed E-state index contributed by atoms with van der Waals surface area (Å²) in [6.45, 7) is 0. The molecular formula is C24H22NO7S2+. The molecule has 4 rings (SSSR count). The summed E-state index contributed by atoms with van der Waals surface area (Å²) in [7, 11) is -3.55. The highest BCUT2D eigenvalue weighted by atomic mass is 32.2. The number of hydrogen-bond donors (Lipinski definition) is 0. The van der Waals surface area contributed by atoms with Gasteiger partial charge >= 0.3 is 0 Å². The molecule has 8 nitrogen and oxygen atoms in total. The van der Waals surface area contributed by atoms with E-state index in [1.54, 1.807) is 24.3 Å². The summed E-state index contributed by atoms with van der Waals surface area (Å²) in [5, 5.41) is 0.452. The molecule has 0 unspecified atom stereocenters. The van der Waals surface area contributed by atoms with E-state index >= 15 is 0 Å². The van der Waals surface area contributed by atoms with Gasteiger partial charge in [-0.05, 0) is 60.7 Å². The van der Waals surface area contributed by atoms with Gasteiger partial charge in [0.1, 0.15) is 18.6 Å². The molecule has 0 spiro atoms. The number of fused-ring (bicyclic) bond motifs is 1. The number of pyridine rings is 1. The van der Waals surface area contributed by atoms with Crippen LogP contribution in [0.2, 0.25) is 0 Å². The molecular weight excluding hydrogens is 478 g/mol. The van der Waals surface area contributed by atoms with Crippen LogP contribution in [0.4, 0.5) is 0 Å². The Morgan fingerprint density at radius 3 is 1.44 bits per heavy atom. The van der Waals surface area contributed by atoms with Gasteiger partial charge in [0.2, 0.25) is 32.1 Å². The summed E-state index contributed by atoms with van der Waals surface area (Å²) in [5.41, 5.74) is 0. The summed E-state index contributed by atoms with van der Waals surface area (Å²) in [5.74, 6) is 1.04. The van der Waals surface area contributed by atoms with Gasteiger partial charge in [-0.2, -0.15) is 0 Å². The lowest BCUT2D eigenvalue weighted by molar-refractivity contribution is -0.884. The average Bonchev–Trinajstić information content (AvgIpc) is 2.87. The fourth-order valence-electron chi connectivity index (χ4n) is 3.57. The second kappa shape index (κ2) is 8.96. The molecule has 1 heterocycles. The Hall–Kier alpha value is -3.63. The topological polar surface area (TPSA) is 99.9 Å². The van der Waals surface area contributed by atoms with Gasteiger partial charge in [-0.25, -0.2) is 16.8 Å². The maximum Gasteiger partial charge on any atom is 0.231 e. The summed E-state index contributed by atoms with van der Waals surface area (Å²) < 4.78 is 65.4. The largest absolute Gasteiger partial charge is 0.497 e. The zero-order valence-electron chi connectivity index (χ0n) is 18.6. The summed E-state index contributed by atoms with van der Waals surface area (Å²) in [6, 6.07) is 16.1. The first-order valence-electron chi connectivity index (χ1n) is 10.0. The number of ether oxygens (including phenoxy) is 2. The number of hydrogen-bond acceptors (Lipinski definition) is 7. The molecule has 0 saturated heterocycles. The summed E-state index contributed by atoms with van der Waals surface area (Å²) in [6.07, 6.45) is 2.96. The van der Waals surface area contributed by atoms with Crippen molar-refractivity contribution in [3.05, 3.63) is 79.1 Å². The van der Waals surface area contributed by atoms with E-state index < -0.39 is 19.7 Å². The van der Waals surface area contributed by atoms with Gasteiger partial charge in [-0.1, -0.05) is 0 Å². The van der Waals surface area contributed by atoms with Gasteiger partial charge in [0.05, 0.1) is 39.2 Å². The van der Waals surface area contributed by atoms with Crippen molar-refractivity contribution in [2.24, 2.45) is 0 Å². The van der Waals surface area contributed by atoms with Crippen molar-refractivity contribution in [1.82, 2.24) is 0 Å². The lowest BCUT2D eigenvalue weighted by atomic mass is 10.2. The first-order valence-corrected chi connectivity index (χ1v) is 13.0. The first kappa shape index (κ1) is 23.5. The highest BCUT2D eigenvalue weighted by Gasteiger charge is 2.28. The van der Waals surface area contributed by atoms with Crippen LogP contribution in [0.1, 0.15) is 0 Å². The van der Waals surface area contributed by atoms with Crippen molar-refractivity contribution in [3.8, 4) is 11.5 Å². The molecule has 34 heavy (non-hydrogen) atoms. The van der Waals surface area contributed by atoms with Gasteiger partial charge in [0.15, 0.2) is 0 Å². The molecule has 10 heteroatoms. The third kappa shape index (κ3) is 4.06. The number of rotatable bonds is 7. The summed E-state index contributed by atoms with van der Waals surface area (Å²) >= 11 is 0. The lowest BCUT2D eigenvalue weighted by Gasteiger charge is -2.12. The van der Waals surface area contributed by atoms with E-state index in [0.29, 0.717) is 11.5 Å². The van der Waals surface area contributed by atoms with Crippen molar-refractivity contribution in [1.29, 1.82) is 0 Å². The lowest BCUT2D eigenvalue weighted by Crippen LogP contribution is -2.39. The van der Waals surface area contributed by atoms with Crippen LogP contribution in [0.25, 0.3) is 10.8 Å². The Balaban J connectivity index is 1.95. The fraction of sp³-hybridized carbons (Fsp3) is 0.125. The Bertz CT molecular complexity index is 1560. The number of methoxy groups -OCH3 is 2. The van der Waals surface area contributed by atoms with Gasteiger partial charge in [0, 0.05) is 16.2 Å². The molecule has 1 aromatic heterocycles. The molecule has 0 radical (unpaired) electrons. The molecule has 0 N–H and O–H groups in total. The second-order valence-corrected chi connectivity index (χ2v) is 11.1. The predicted octanol–water partition coefficient (Wildman–Crippen LogP) is 2.87. The summed E-state index contributed by atoms with van der Waals surface area (Å²) in [4.78, 5) is 5.24. The minimum Gasteiger partial charge on any atom is -0.497 e. The average molecular weight is 501 g/mol. The van der Waals surface area contributed by atoms with Crippen molar-refractivity contribution in [2.45, 2.75) is 19.6 Å². The van der Waals surface area contributed by atoms with Crippen LogP contribution in [-0.4, -0.2) is 38.2 Å². The number of nitrogens with zero attached hydrogens (tertiary/aromatic N) is 1. The molecule has 0 bridgehead atoms. The zero-order chi connectivity index (χ0) is 24.5. The smallest absolute Gasteiger partial charge is 0.231 e. The normalized spacial score (nSPS) is 11.9. The Labute approximate surface area is 197 Å². The monoisotopic (exact) mass is 500 g/mol. The molecule has 176 valence electrons. The molecule has 0 aliphatic heterocycles. The molecule has 0 fully saturated rings. The Morgan fingerprint density at radius 2 is 1.03 bits per heavy atom. The van der Waals surface area contributed by atoms with E-state index in [2.05, 4.69) is 0 Å². The van der Waals surface area contributed by atoms with Crippen molar-refractivity contribution in [3.63, 3.8) is 0 Å². The first-order chi connectivity index (χ1) is 16.2. The third-order valence-corrected chi connectivity index (χ3v) is 9.04. The molecule has 0 atom stereocenters. The van der Waals surface area contributed by atoms with Crippen LogP contribution in [0, 0.1) is 0 Å². The van der Waals surface area contributed by atoms with E-state index in [-0.39, 0.29) is 30.4 Å². The number of aromatic nitrogens is 1. The minimum atomic E-state index is -3.99. The van der Waals surface area contributed by atoms with Crippen molar-refractivity contribution >= 4 is 30.4 Å². The molecule has 0 saturated carbocycles. The van der Waals surface area contributed by atoms with E-state index in [9.17, 15) is 16.8 Å². The van der Waals surface area contributed by atoms with Crippen LogP contribution in [0.5, 0.6) is 11.5 Å². The van der Waals surface area contributed by atoms with E-state index in [4.69, 9.17) is 14.3 Å². The van der Waals surface area contributed by atoms with Crippen LogP contribution < -0.4 is 19.0 Å². The van der Waals surface area contributed by atoms with Gasteiger partial charge in [-0.3, -0.25) is 4.84 Å². The van der Waals surface area contributed by atoms with E-state index in [1.807, 2.05) is 0 Å². The highest BCUT2D eigenvalue weighted by molar-refractivity contribution is 7.92. The Kier molecular flexibility index (Phi) is 6.20. The molecule has 0 aliphatic rings. The predicted molar refractivity (Wildman–Crippen MR) is 124 cm³/mol. The maximum absolute atomic E-state index is 13.5. The minimum absolute atomic E-state index is 0.0235. The third-order valence-electron chi connectivity index (χ3n) is 5.38. The van der Waals surface area contributed by atoms with Gasteiger partial charge < -0.3 is 9.47 Å². The van der Waals surface area contributed by atoms with Crippen molar-refractivity contribution < 1.29 is 35.9 Å². The quantitative estimate of drug-likeness (QED) is 0.360. The maximum atomic E-state index is 13.5. The highest BCUT2D eigenvalue weighted by Crippen LogP contribution is 2.34. The van der Waals surface area contributed by atoms with Gasteiger partial charge in [-0.15, -0.1) is 0 Å². The van der Waals surface area contributed by atoms with E-state index in [1.165, 1.54) is 80.9 Å². The number of benzene rings is 3. The standard InChI is InChI=1S/C24H22NO7S2/c1-30-17-4-8-19(9-5-17)33(26,27)23-12-13-24(22-16-25(32-3)15-14-21(22)23)34(28,29)20-10-6-18(31-2)7-11-20/h4-16H,1-3H3/q+1. The van der Waals surface area contributed by atoms with Crippen molar-refractivity contribution in [2.75, 3.05) is 21.3 Å². The second-order valence-electron chi connectivity index (χ2n) is 7.23. The van der Waals surface area contributed by atoms with Gasteiger partial charge in [0.25, 0.3) is 0 Å². The van der Waals surface area contributed by atoms with Crippen LogP contribution in [0.3, 0.4) is 0 Å². The zero-order valence-corrected chi connectivity index (χ0v) is 20.3. The number of sulfone groups is 2. The molecule has 4 aromatic rings. The van der Waals surface area contributed by atoms with E-state index in [0.717, 1.165) is 0 Å². The Morgan fingerprint density at radius 1 is 0.588 bits per heavy atom. The SMILES string of the molecule is COc1ccc(S(=O)(=O)c2ccc(S(=O)(=O)c3ccc(OC)cc3)c3c[n+](OC)ccc23)cc1. The van der Waals surface area contributed by atoms with Crippen LogP contribution in [-0.2, 0) is 19.7 Å². The fourth-order valence-corrected chi connectivity index (χ4v) is 6.48. The van der Waals surface area contributed by atoms with Crippen LogP contribution >= 0.6 is 0 Å². The molecule has 0 aliphatic carbocycles. The van der Waals surface area contributed by atoms with Crippen LogP contribution in [0.15, 0.2) is 98.7 Å². The molecule has 3 aromatic carbocycles. The molecule has 0 amide bonds.